The number of rotatable bonds is 4. The van der Waals surface area contributed by atoms with Gasteiger partial charge in [0.1, 0.15) is 5.75 Å². The average molecular weight is 336 g/mol. The summed E-state index contributed by atoms with van der Waals surface area (Å²) in [4.78, 5) is 22.0. The second-order valence-corrected chi connectivity index (χ2v) is 4.94. The lowest BCUT2D eigenvalue weighted by Gasteiger charge is -2.09. The number of para-hydroxylation sites is 1. The average Bonchev–Trinajstić information content (AvgIpc) is 2.41. The van der Waals surface area contributed by atoms with Crippen molar-refractivity contribution in [3.05, 3.63) is 62.6 Å². The van der Waals surface area contributed by atoms with Crippen LogP contribution >= 0.6 is 15.9 Å². The molecule has 0 aromatic heterocycles. The molecule has 0 fully saturated rings. The SMILES string of the molecule is CC(=O)c1ccccc1Oc1ccc(Br)cc1[N+](=O)[O-]. The van der Waals surface area contributed by atoms with Gasteiger partial charge in [0.25, 0.3) is 0 Å². The van der Waals surface area contributed by atoms with Crippen LogP contribution in [0, 0.1) is 10.1 Å². The van der Waals surface area contributed by atoms with E-state index in [1.807, 2.05) is 0 Å². The third-order valence-corrected chi connectivity index (χ3v) is 3.10. The normalized spacial score (nSPS) is 10.1. The number of carbonyl (C=O) groups excluding carboxylic acids is 1. The van der Waals surface area contributed by atoms with Crippen molar-refractivity contribution in [2.24, 2.45) is 0 Å². The van der Waals surface area contributed by atoms with Gasteiger partial charge < -0.3 is 4.74 Å². The molecule has 0 amide bonds. The van der Waals surface area contributed by atoms with Crippen LogP contribution in [-0.4, -0.2) is 10.7 Å². The number of carbonyl (C=O) groups is 1. The first-order valence-corrected chi connectivity index (χ1v) is 6.50. The van der Waals surface area contributed by atoms with Gasteiger partial charge in [0.2, 0.25) is 5.75 Å². The highest BCUT2D eigenvalue weighted by atomic mass is 79.9. The minimum absolute atomic E-state index is 0.0897. The summed E-state index contributed by atoms with van der Waals surface area (Å²) in [6, 6.07) is 11.1. The predicted octanol–water partition coefficient (Wildman–Crippen LogP) is 4.35. The van der Waals surface area contributed by atoms with Crippen molar-refractivity contribution in [1.29, 1.82) is 0 Å². The molecule has 5 nitrogen and oxygen atoms in total. The minimum atomic E-state index is -0.531. The number of nitrogens with zero attached hydrogens (tertiary/aromatic N) is 1. The maximum Gasteiger partial charge on any atom is 0.312 e. The summed E-state index contributed by atoms with van der Waals surface area (Å²) in [6.45, 7) is 1.41. The Balaban J connectivity index is 2.45. The highest BCUT2D eigenvalue weighted by Gasteiger charge is 2.18. The lowest BCUT2D eigenvalue weighted by atomic mass is 10.1. The van der Waals surface area contributed by atoms with E-state index in [-0.39, 0.29) is 17.2 Å². The largest absolute Gasteiger partial charge is 0.449 e. The molecule has 20 heavy (non-hydrogen) atoms. The summed E-state index contributed by atoms with van der Waals surface area (Å²) in [5.41, 5.74) is 0.211. The second-order valence-electron chi connectivity index (χ2n) is 4.02. The molecule has 2 aromatic carbocycles. The van der Waals surface area contributed by atoms with E-state index >= 15 is 0 Å². The van der Waals surface area contributed by atoms with Gasteiger partial charge in [-0.05, 0) is 31.2 Å². The van der Waals surface area contributed by atoms with Gasteiger partial charge in [-0.25, -0.2) is 0 Å². The van der Waals surface area contributed by atoms with Crippen molar-refractivity contribution in [2.45, 2.75) is 6.92 Å². The molecule has 0 saturated heterocycles. The van der Waals surface area contributed by atoms with Crippen LogP contribution in [0.15, 0.2) is 46.9 Å². The van der Waals surface area contributed by atoms with Crippen molar-refractivity contribution in [3.8, 4) is 11.5 Å². The molecule has 0 radical (unpaired) electrons. The lowest BCUT2D eigenvalue weighted by Crippen LogP contribution is -1.98. The van der Waals surface area contributed by atoms with Crippen LogP contribution in [0.1, 0.15) is 17.3 Å². The molecule has 0 heterocycles. The van der Waals surface area contributed by atoms with Gasteiger partial charge in [0.05, 0.1) is 10.5 Å². The molecule has 0 atom stereocenters. The highest BCUT2D eigenvalue weighted by molar-refractivity contribution is 9.10. The number of ketones is 1. The van der Waals surface area contributed by atoms with E-state index in [1.54, 1.807) is 30.3 Å². The fraction of sp³-hybridized carbons (Fsp3) is 0.0714. The Kier molecular flexibility index (Phi) is 4.14. The zero-order chi connectivity index (χ0) is 14.7. The first-order valence-electron chi connectivity index (χ1n) is 5.71. The summed E-state index contributed by atoms with van der Waals surface area (Å²) in [7, 11) is 0. The standard InChI is InChI=1S/C14H10BrNO4/c1-9(17)11-4-2-3-5-13(11)20-14-7-6-10(15)8-12(14)16(18)19/h2-8H,1H3. The van der Waals surface area contributed by atoms with Crippen molar-refractivity contribution in [1.82, 2.24) is 0 Å². The fourth-order valence-electron chi connectivity index (χ4n) is 1.68. The molecule has 0 aliphatic carbocycles. The van der Waals surface area contributed by atoms with Gasteiger partial charge in [0, 0.05) is 10.5 Å². The zero-order valence-electron chi connectivity index (χ0n) is 10.5. The minimum Gasteiger partial charge on any atom is -0.449 e. The molecule has 0 bridgehead atoms. The van der Waals surface area contributed by atoms with E-state index in [4.69, 9.17) is 4.74 Å². The van der Waals surface area contributed by atoms with Crippen molar-refractivity contribution >= 4 is 27.4 Å². The van der Waals surface area contributed by atoms with Gasteiger partial charge in [0.15, 0.2) is 5.78 Å². The van der Waals surface area contributed by atoms with Crippen LogP contribution in [0.5, 0.6) is 11.5 Å². The Bertz CT molecular complexity index is 685. The predicted molar refractivity (Wildman–Crippen MR) is 77.3 cm³/mol. The number of halogens is 1. The number of nitro benzene ring substituents is 1. The molecule has 0 unspecified atom stereocenters. The van der Waals surface area contributed by atoms with Crippen LogP contribution in [0.25, 0.3) is 0 Å². The van der Waals surface area contributed by atoms with Gasteiger partial charge >= 0.3 is 5.69 Å². The fourth-order valence-corrected chi connectivity index (χ4v) is 2.03. The topological polar surface area (TPSA) is 69.4 Å². The summed E-state index contributed by atoms with van der Waals surface area (Å²) in [6.07, 6.45) is 0. The summed E-state index contributed by atoms with van der Waals surface area (Å²) in [5, 5.41) is 11.0. The number of hydrogen-bond donors (Lipinski definition) is 0. The maximum atomic E-state index is 11.5. The molecule has 102 valence electrons. The molecular formula is C14H10BrNO4. The lowest BCUT2D eigenvalue weighted by molar-refractivity contribution is -0.385. The zero-order valence-corrected chi connectivity index (χ0v) is 12.1. The molecule has 0 aliphatic rings. The van der Waals surface area contributed by atoms with E-state index in [0.717, 1.165) is 0 Å². The Hall–Kier alpha value is -2.21. The highest BCUT2D eigenvalue weighted by Crippen LogP contribution is 2.34. The second kappa shape index (κ2) is 5.83. The molecule has 2 aromatic rings. The number of nitro groups is 1. The Morgan fingerprint density at radius 1 is 1.20 bits per heavy atom. The van der Waals surface area contributed by atoms with Crippen LogP contribution in [0.2, 0.25) is 0 Å². The Morgan fingerprint density at radius 3 is 2.55 bits per heavy atom. The third kappa shape index (κ3) is 3.03. The summed E-state index contributed by atoms with van der Waals surface area (Å²) < 4.78 is 6.11. The van der Waals surface area contributed by atoms with E-state index in [0.29, 0.717) is 15.8 Å². The van der Waals surface area contributed by atoms with Crippen LogP contribution in [-0.2, 0) is 0 Å². The molecule has 2 rings (SSSR count). The van der Waals surface area contributed by atoms with Crippen LogP contribution < -0.4 is 4.74 Å². The van der Waals surface area contributed by atoms with Crippen molar-refractivity contribution in [3.63, 3.8) is 0 Å². The van der Waals surface area contributed by atoms with E-state index < -0.39 is 4.92 Å². The first-order chi connectivity index (χ1) is 9.49. The van der Waals surface area contributed by atoms with E-state index in [2.05, 4.69) is 15.9 Å². The van der Waals surface area contributed by atoms with Gasteiger partial charge in [-0.15, -0.1) is 0 Å². The van der Waals surface area contributed by atoms with Crippen molar-refractivity contribution < 1.29 is 14.5 Å². The Labute approximate surface area is 123 Å². The van der Waals surface area contributed by atoms with E-state index in [9.17, 15) is 14.9 Å². The number of benzene rings is 2. The van der Waals surface area contributed by atoms with Gasteiger partial charge in [-0.3, -0.25) is 14.9 Å². The van der Waals surface area contributed by atoms with E-state index in [1.165, 1.54) is 19.1 Å². The quantitative estimate of drug-likeness (QED) is 0.473. The molecule has 0 aliphatic heterocycles. The maximum absolute atomic E-state index is 11.5. The summed E-state index contributed by atoms with van der Waals surface area (Å²) >= 11 is 3.17. The smallest absolute Gasteiger partial charge is 0.312 e. The van der Waals surface area contributed by atoms with Gasteiger partial charge in [-0.1, -0.05) is 28.1 Å². The first kappa shape index (κ1) is 14.2. The number of ether oxygens (including phenoxy) is 1. The summed E-state index contributed by atoms with van der Waals surface area (Å²) in [5.74, 6) is 0.220. The van der Waals surface area contributed by atoms with Crippen LogP contribution in [0.4, 0.5) is 5.69 Å². The van der Waals surface area contributed by atoms with Gasteiger partial charge in [-0.2, -0.15) is 0 Å². The Morgan fingerprint density at radius 2 is 1.90 bits per heavy atom. The molecule has 0 spiro atoms. The molecule has 0 saturated carbocycles. The monoisotopic (exact) mass is 335 g/mol. The molecule has 6 heteroatoms. The third-order valence-electron chi connectivity index (χ3n) is 2.60. The van der Waals surface area contributed by atoms with Crippen LogP contribution in [0.3, 0.4) is 0 Å². The molecular weight excluding hydrogens is 326 g/mol. The number of Topliss-reactive ketones (excluding diaryl/α,β-unsaturated/α-hetero) is 1. The van der Waals surface area contributed by atoms with Crippen molar-refractivity contribution in [2.75, 3.05) is 0 Å². The molecule has 0 N–H and O–H groups in total. The number of hydrogen-bond acceptors (Lipinski definition) is 4.